The Balaban J connectivity index is 1.46. The van der Waals surface area contributed by atoms with Crippen molar-refractivity contribution < 1.29 is 18.7 Å². The van der Waals surface area contributed by atoms with E-state index in [-0.39, 0.29) is 29.7 Å². The van der Waals surface area contributed by atoms with Gasteiger partial charge < -0.3 is 15.4 Å². The van der Waals surface area contributed by atoms with Crippen LogP contribution in [0.3, 0.4) is 0 Å². The van der Waals surface area contributed by atoms with Gasteiger partial charge in [0.05, 0.1) is 6.04 Å². The summed E-state index contributed by atoms with van der Waals surface area (Å²) in [7, 11) is 0. The number of halogens is 1. The Hall–Kier alpha value is -2.93. The lowest BCUT2D eigenvalue weighted by molar-refractivity contribution is -0.122. The number of hydrogen-bond donors (Lipinski definition) is 2. The van der Waals surface area contributed by atoms with E-state index in [1.165, 1.54) is 17.2 Å². The summed E-state index contributed by atoms with van der Waals surface area (Å²) in [6.07, 6.45) is 3.39. The zero-order valence-corrected chi connectivity index (χ0v) is 21.6. The molecule has 1 aliphatic carbocycles. The van der Waals surface area contributed by atoms with E-state index in [0.717, 1.165) is 25.8 Å². The molecule has 2 aliphatic rings. The molecular formula is C29H38FN3O3. The number of nitrogens with one attached hydrogen (secondary N) is 2. The van der Waals surface area contributed by atoms with Crippen LogP contribution in [0.1, 0.15) is 62.8 Å². The van der Waals surface area contributed by atoms with Gasteiger partial charge in [0.25, 0.3) is 0 Å². The number of rotatable bonds is 9. The number of fused-ring (bicyclic) bond motifs is 1. The van der Waals surface area contributed by atoms with E-state index in [9.17, 15) is 14.0 Å². The first kappa shape index (κ1) is 26.1. The van der Waals surface area contributed by atoms with Gasteiger partial charge in [-0.3, -0.25) is 9.69 Å². The summed E-state index contributed by atoms with van der Waals surface area (Å²) in [4.78, 5) is 27.3. The van der Waals surface area contributed by atoms with Crippen LogP contribution >= 0.6 is 0 Å². The zero-order valence-electron chi connectivity index (χ0n) is 21.6. The molecule has 1 saturated carbocycles. The molecule has 6 nitrogen and oxygen atoms in total. The van der Waals surface area contributed by atoms with Crippen molar-refractivity contribution in [1.82, 2.24) is 15.5 Å². The second-order valence-electron chi connectivity index (χ2n) is 10.9. The Morgan fingerprint density at radius 1 is 1.11 bits per heavy atom. The highest BCUT2D eigenvalue weighted by Crippen LogP contribution is 2.32. The lowest BCUT2D eigenvalue weighted by Crippen LogP contribution is -2.46. The molecule has 2 aromatic carbocycles. The van der Waals surface area contributed by atoms with Gasteiger partial charge in [-0.1, -0.05) is 42.5 Å². The van der Waals surface area contributed by atoms with Gasteiger partial charge in [-0.25, -0.2) is 9.18 Å². The maximum Gasteiger partial charge on any atom is 0.407 e. The molecule has 0 bridgehead atoms. The van der Waals surface area contributed by atoms with Crippen molar-refractivity contribution >= 4 is 12.0 Å². The van der Waals surface area contributed by atoms with Crippen molar-refractivity contribution in [3.05, 3.63) is 71.0 Å². The molecule has 4 rings (SSSR count). The monoisotopic (exact) mass is 495 g/mol. The molecule has 0 aromatic heterocycles. The summed E-state index contributed by atoms with van der Waals surface area (Å²) in [5, 5.41) is 6.13. The molecule has 1 aliphatic heterocycles. The van der Waals surface area contributed by atoms with Gasteiger partial charge in [0.1, 0.15) is 11.4 Å². The standard InChI is InChI=1S/C29H38FN3O3/c1-29(2,3)36-28(35)32-23(18-22-9-5-7-11-25(22)30)15-17-33-16-14-20-8-4-6-10-24(20)26(33)19-31-27(34)21-12-13-21/h4-11,21,23,26H,12-19H2,1-3H3,(H,31,34)(H,32,35)/t23-,26?/m0/s1. The Labute approximate surface area is 213 Å². The van der Waals surface area contributed by atoms with Crippen LogP contribution in [-0.2, 0) is 22.4 Å². The fourth-order valence-electron chi connectivity index (χ4n) is 4.85. The molecule has 0 spiro atoms. The van der Waals surface area contributed by atoms with Crippen LogP contribution in [0, 0.1) is 11.7 Å². The number of carbonyl (C=O) groups is 2. The fourth-order valence-corrected chi connectivity index (χ4v) is 4.85. The number of benzene rings is 2. The van der Waals surface area contributed by atoms with E-state index < -0.39 is 11.7 Å². The van der Waals surface area contributed by atoms with Crippen LogP contribution in [0.5, 0.6) is 0 Å². The number of amides is 2. The Bertz CT molecular complexity index is 1060. The van der Waals surface area contributed by atoms with Crippen LogP contribution in [0.4, 0.5) is 9.18 Å². The van der Waals surface area contributed by atoms with Crippen molar-refractivity contribution in [3.8, 4) is 0 Å². The summed E-state index contributed by atoms with van der Waals surface area (Å²) >= 11 is 0. The third-order valence-electron chi connectivity index (χ3n) is 6.85. The van der Waals surface area contributed by atoms with Crippen LogP contribution in [-0.4, -0.2) is 48.2 Å². The number of alkyl carbamates (subject to hydrolysis) is 1. The SMILES string of the molecule is CC(C)(C)OC(=O)N[C@@H](CCN1CCc2ccccc2C1CNC(=O)C1CC1)Cc1ccccc1F. The molecule has 2 N–H and O–H groups in total. The second-order valence-corrected chi connectivity index (χ2v) is 10.9. The normalized spacial score (nSPS) is 18.7. The van der Waals surface area contributed by atoms with Gasteiger partial charge in [0.15, 0.2) is 0 Å². The lowest BCUT2D eigenvalue weighted by Gasteiger charge is -2.38. The predicted octanol–water partition coefficient (Wildman–Crippen LogP) is 4.78. The molecule has 1 heterocycles. The van der Waals surface area contributed by atoms with Crippen molar-refractivity contribution in [3.63, 3.8) is 0 Å². The average molecular weight is 496 g/mol. The summed E-state index contributed by atoms with van der Waals surface area (Å²) in [5.41, 5.74) is 2.50. The number of nitrogens with zero attached hydrogens (tertiary/aromatic N) is 1. The van der Waals surface area contributed by atoms with Crippen LogP contribution in [0.2, 0.25) is 0 Å². The summed E-state index contributed by atoms with van der Waals surface area (Å²) in [6, 6.07) is 14.9. The molecule has 2 aromatic rings. The molecule has 1 fully saturated rings. The molecule has 7 heteroatoms. The van der Waals surface area contributed by atoms with Gasteiger partial charge >= 0.3 is 6.09 Å². The Morgan fingerprint density at radius 3 is 2.56 bits per heavy atom. The first-order valence-corrected chi connectivity index (χ1v) is 13.0. The third kappa shape index (κ3) is 7.29. The molecule has 2 amide bonds. The van der Waals surface area contributed by atoms with E-state index >= 15 is 0 Å². The molecule has 0 radical (unpaired) electrons. The first-order chi connectivity index (χ1) is 17.2. The Kier molecular flexibility index (Phi) is 8.29. The van der Waals surface area contributed by atoms with Crippen LogP contribution in [0.25, 0.3) is 0 Å². The molecule has 2 atom stereocenters. The van der Waals surface area contributed by atoms with Gasteiger partial charge in [-0.2, -0.15) is 0 Å². The van der Waals surface area contributed by atoms with E-state index in [1.54, 1.807) is 12.1 Å². The predicted molar refractivity (Wildman–Crippen MR) is 138 cm³/mol. The minimum absolute atomic E-state index is 0.0632. The largest absolute Gasteiger partial charge is 0.444 e. The first-order valence-electron chi connectivity index (χ1n) is 13.0. The summed E-state index contributed by atoms with van der Waals surface area (Å²) in [5.74, 6) is 0.0311. The van der Waals surface area contributed by atoms with E-state index in [0.29, 0.717) is 31.5 Å². The molecule has 36 heavy (non-hydrogen) atoms. The van der Waals surface area contributed by atoms with Gasteiger partial charge in [0, 0.05) is 31.6 Å². The van der Waals surface area contributed by atoms with Crippen LogP contribution < -0.4 is 10.6 Å². The number of hydrogen-bond acceptors (Lipinski definition) is 4. The third-order valence-corrected chi connectivity index (χ3v) is 6.85. The van der Waals surface area contributed by atoms with E-state index in [1.807, 2.05) is 32.9 Å². The van der Waals surface area contributed by atoms with Crippen molar-refractivity contribution in [2.45, 2.75) is 70.6 Å². The maximum absolute atomic E-state index is 14.4. The maximum atomic E-state index is 14.4. The minimum Gasteiger partial charge on any atom is -0.444 e. The molecule has 0 saturated heterocycles. The van der Waals surface area contributed by atoms with Gasteiger partial charge in [-0.15, -0.1) is 0 Å². The Morgan fingerprint density at radius 2 is 1.83 bits per heavy atom. The van der Waals surface area contributed by atoms with Gasteiger partial charge in [-0.05, 0) is 75.6 Å². The summed E-state index contributed by atoms with van der Waals surface area (Å²) < 4.78 is 19.9. The average Bonchev–Trinajstić information content (AvgIpc) is 3.67. The molecular weight excluding hydrogens is 457 g/mol. The van der Waals surface area contributed by atoms with Crippen molar-refractivity contribution in [1.29, 1.82) is 0 Å². The highest BCUT2D eigenvalue weighted by atomic mass is 19.1. The fraction of sp³-hybridized carbons (Fsp3) is 0.517. The highest BCUT2D eigenvalue weighted by molar-refractivity contribution is 5.80. The second kappa shape index (κ2) is 11.4. The zero-order chi connectivity index (χ0) is 25.7. The van der Waals surface area contributed by atoms with Gasteiger partial charge in [0.2, 0.25) is 5.91 Å². The number of carbonyl (C=O) groups excluding carboxylic acids is 2. The van der Waals surface area contributed by atoms with E-state index in [2.05, 4.69) is 33.7 Å². The molecule has 194 valence electrons. The summed E-state index contributed by atoms with van der Waals surface area (Å²) in [6.45, 7) is 7.59. The van der Waals surface area contributed by atoms with E-state index in [4.69, 9.17) is 4.74 Å². The number of ether oxygens (including phenoxy) is 1. The quantitative estimate of drug-likeness (QED) is 0.525. The topological polar surface area (TPSA) is 70.7 Å². The van der Waals surface area contributed by atoms with Crippen molar-refractivity contribution in [2.24, 2.45) is 5.92 Å². The smallest absolute Gasteiger partial charge is 0.407 e. The van der Waals surface area contributed by atoms with Crippen molar-refractivity contribution in [2.75, 3.05) is 19.6 Å². The lowest BCUT2D eigenvalue weighted by atomic mass is 9.91. The minimum atomic E-state index is -0.617. The highest BCUT2D eigenvalue weighted by Gasteiger charge is 2.32. The van der Waals surface area contributed by atoms with Crippen LogP contribution in [0.15, 0.2) is 48.5 Å². The molecule has 1 unspecified atom stereocenters.